The molecule has 0 spiro atoms. The molecule has 5 nitrogen and oxygen atoms in total. The van der Waals surface area contributed by atoms with Gasteiger partial charge in [0.1, 0.15) is 6.07 Å². The van der Waals surface area contributed by atoms with Crippen LogP contribution in [0.3, 0.4) is 0 Å². The number of hydrogen-bond acceptors (Lipinski definition) is 2. The molecule has 0 atom stereocenters. The Morgan fingerprint density at radius 2 is 0.873 bits per heavy atom. The molecule has 11 aromatic rings. The number of fused-ring (bicyclic) bond motifs is 9. The summed E-state index contributed by atoms with van der Waals surface area (Å²) in [6, 6.07) is 66.1. The topological polar surface area (TPSA) is 62.4 Å². The quantitative estimate of drug-likeness (QED) is 0.184. The number of para-hydroxylation sites is 5. The third-order valence-corrected chi connectivity index (χ3v) is 11.1. The Bertz CT molecular complexity index is 3420. The second-order valence-corrected chi connectivity index (χ2v) is 14.0. The van der Waals surface area contributed by atoms with E-state index in [1.165, 1.54) is 32.6 Å². The van der Waals surface area contributed by atoms with E-state index in [-0.39, 0.29) is 0 Å². The largest absolute Gasteiger partial charge is 0.309 e. The zero-order valence-electron chi connectivity index (χ0n) is 29.5. The van der Waals surface area contributed by atoms with Gasteiger partial charge in [0.2, 0.25) is 0 Å². The highest BCUT2D eigenvalue weighted by atomic mass is 15.0. The number of aromatic nitrogens is 3. The van der Waals surface area contributed by atoms with E-state index in [1.807, 2.05) is 36.4 Å². The van der Waals surface area contributed by atoms with Gasteiger partial charge in [-0.05, 0) is 78.4 Å². The third-order valence-electron chi connectivity index (χ3n) is 11.1. The average Bonchev–Trinajstić information content (AvgIpc) is 3.88. The smallest absolute Gasteiger partial charge is 0.101 e. The number of nitrogens with zero attached hydrogens (tertiary/aromatic N) is 5. The van der Waals surface area contributed by atoms with Crippen LogP contribution >= 0.6 is 0 Å². The van der Waals surface area contributed by atoms with E-state index in [4.69, 9.17) is 0 Å². The summed E-state index contributed by atoms with van der Waals surface area (Å²) >= 11 is 0. The zero-order chi connectivity index (χ0) is 36.6. The first-order chi connectivity index (χ1) is 27.2. The molecule has 0 bridgehead atoms. The summed E-state index contributed by atoms with van der Waals surface area (Å²) in [5.74, 6) is 0. The lowest BCUT2D eigenvalue weighted by molar-refractivity contribution is 1.15. The van der Waals surface area contributed by atoms with Crippen LogP contribution in [0.1, 0.15) is 11.1 Å². The van der Waals surface area contributed by atoms with Crippen molar-refractivity contribution in [2.75, 3.05) is 0 Å². The van der Waals surface area contributed by atoms with E-state index in [0.717, 1.165) is 61.0 Å². The van der Waals surface area contributed by atoms with Gasteiger partial charge < -0.3 is 13.7 Å². The Balaban J connectivity index is 1.17. The lowest BCUT2D eigenvalue weighted by Gasteiger charge is -2.17. The van der Waals surface area contributed by atoms with Gasteiger partial charge in [0.15, 0.2) is 0 Å². The molecule has 0 aliphatic heterocycles. The van der Waals surface area contributed by atoms with Crippen molar-refractivity contribution < 1.29 is 0 Å². The molecule has 254 valence electrons. The van der Waals surface area contributed by atoms with Crippen LogP contribution in [0.25, 0.3) is 93.6 Å². The first kappa shape index (κ1) is 30.7. The van der Waals surface area contributed by atoms with Crippen LogP contribution < -0.4 is 0 Å². The Labute approximate surface area is 316 Å². The number of nitriles is 2. The Morgan fingerprint density at radius 3 is 1.51 bits per heavy atom. The van der Waals surface area contributed by atoms with Crippen molar-refractivity contribution in [3.8, 4) is 40.3 Å². The average molecular weight is 700 g/mol. The molecule has 11 rings (SSSR count). The van der Waals surface area contributed by atoms with Crippen LogP contribution in [-0.2, 0) is 0 Å². The van der Waals surface area contributed by atoms with Gasteiger partial charge in [-0.2, -0.15) is 10.5 Å². The van der Waals surface area contributed by atoms with Crippen molar-refractivity contribution in [3.05, 3.63) is 187 Å². The summed E-state index contributed by atoms with van der Waals surface area (Å²) < 4.78 is 6.92. The predicted molar refractivity (Wildman–Crippen MR) is 224 cm³/mol. The lowest BCUT2D eigenvalue weighted by Crippen LogP contribution is -2.01. The van der Waals surface area contributed by atoms with Crippen molar-refractivity contribution in [2.24, 2.45) is 0 Å². The molecule has 55 heavy (non-hydrogen) atoms. The van der Waals surface area contributed by atoms with Crippen LogP contribution in [0.4, 0.5) is 0 Å². The van der Waals surface area contributed by atoms with Gasteiger partial charge in [-0.15, -0.1) is 0 Å². The SMILES string of the molecule is N#Cc1ccc2c(c1)c1ccccc1n2-c1cc(-c2ccccc2-n2c3ccccc3c3ccc(-n4c5ccccc5c5ccccc54)cc32)ccc1C#N. The number of hydrogen-bond donors (Lipinski definition) is 0. The van der Waals surface area contributed by atoms with Crippen molar-refractivity contribution in [3.63, 3.8) is 0 Å². The van der Waals surface area contributed by atoms with E-state index in [2.05, 4.69) is 165 Å². The molecule has 0 fully saturated rings. The molecule has 0 aliphatic carbocycles. The van der Waals surface area contributed by atoms with E-state index in [9.17, 15) is 10.5 Å². The molecule has 8 aromatic carbocycles. The first-order valence-electron chi connectivity index (χ1n) is 18.3. The first-order valence-corrected chi connectivity index (χ1v) is 18.3. The van der Waals surface area contributed by atoms with Crippen molar-refractivity contribution in [1.82, 2.24) is 13.7 Å². The molecule has 3 heterocycles. The van der Waals surface area contributed by atoms with Crippen LogP contribution in [0.15, 0.2) is 176 Å². The number of benzene rings is 8. The van der Waals surface area contributed by atoms with Gasteiger partial charge in [-0.25, -0.2) is 0 Å². The Morgan fingerprint density at radius 1 is 0.345 bits per heavy atom. The summed E-state index contributed by atoms with van der Waals surface area (Å²) in [4.78, 5) is 0. The molecule has 0 saturated heterocycles. The predicted octanol–water partition coefficient (Wildman–Crippen LogP) is 12.4. The molecule has 0 N–H and O–H groups in total. The van der Waals surface area contributed by atoms with Gasteiger partial charge in [-0.3, -0.25) is 0 Å². The van der Waals surface area contributed by atoms with Gasteiger partial charge in [0.05, 0.1) is 61.7 Å². The summed E-state index contributed by atoms with van der Waals surface area (Å²) in [7, 11) is 0. The molecule has 3 aromatic heterocycles. The molecule has 0 saturated carbocycles. The summed E-state index contributed by atoms with van der Waals surface area (Å²) in [5.41, 5.74) is 12.6. The second-order valence-electron chi connectivity index (χ2n) is 14.0. The standard InChI is InChI=1S/C50H29N5/c51-30-32-21-26-48-42(27-32)40-15-5-10-20-47(40)54(48)49-28-33(22-23-34(49)31-52)36-11-1-6-16-43(36)55-46-19-9-4-14-39(46)41-25-24-35(29-50(41)55)53-44-17-7-2-12-37(44)38-13-3-8-18-45(38)53/h1-29H. The maximum atomic E-state index is 10.5. The second kappa shape index (κ2) is 11.8. The van der Waals surface area contributed by atoms with E-state index in [1.54, 1.807) is 0 Å². The molecule has 5 heteroatoms. The maximum absolute atomic E-state index is 10.5. The summed E-state index contributed by atoms with van der Waals surface area (Å²) in [6.07, 6.45) is 0. The van der Waals surface area contributed by atoms with Crippen LogP contribution in [0.5, 0.6) is 0 Å². The lowest BCUT2D eigenvalue weighted by atomic mass is 10.00. The van der Waals surface area contributed by atoms with E-state index >= 15 is 0 Å². The zero-order valence-corrected chi connectivity index (χ0v) is 29.5. The van der Waals surface area contributed by atoms with Crippen molar-refractivity contribution in [1.29, 1.82) is 10.5 Å². The fourth-order valence-electron chi connectivity index (χ4n) is 8.75. The third kappa shape index (κ3) is 4.45. The molecule has 0 amide bonds. The minimum atomic E-state index is 0.570. The van der Waals surface area contributed by atoms with Gasteiger partial charge in [-0.1, -0.05) is 103 Å². The normalized spacial score (nSPS) is 11.6. The van der Waals surface area contributed by atoms with E-state index < -0.39 is 0 Å². The highest BCUT2D eigenvalue weighted by molar-refractivity contribution is 6.13. The summed E-state index contributed by atoms with van der Waals surface area (Å²) in [6.45, 7) is 0. The van der Waals surface area contributed by atoms with Gasteiger partial charge >= 0.3 is 0 Å². The number of rotatable bonds is 4. The monoisotopic (exact) mass is 699 g/mol. The fraction of sp³-hybridized carbons (Fsp3) is 0. The van der Waals surface area contributed by atoms with Crippen LogP contribution in [0.2, 0.25) is 0 Å². The minimum Gasteiger partial charge on any atom is -0.309 e. The maximum Gasteiger partial charge on any atom is 0.101 e. The summed E-state index contributed by atoms with van der Waals surface area (Å²) in [5, 5.41) is 27.0. The molecule has 0 unspecified atom stereocenters. The minimum absolute atomic E-state index is 0.570. The Kier molecular flexibility index (Phi) is 6.61. The van der Waals surface area contributed by atoms with Gasteiger partial charge in [0.25, 0.3) is 0 Å². The van der Waals surface area contributed by atoms with Crippen molar-refractivity contribution in [2.45, 2.75) is 0 Å². The van der Waals surface area contributed by atoms with Gasteiger partial charge in [0, 0.05) is 43.6 Å². The highest BCUT2D eigenvalue weighted by Crippen LogP contribution is 2.40. The highest BCUT2D eigenvalue weighted by Gasteiger charge is 2.20. The molecular weight excluding hydrogens is 671 g/mol. The van der Waals surface area contributed by atoms with Crippen LogP contribution in [-0.4, -0.2) is 13.7 Å². The van der Waals surface area contributed by atoms with Crippen LogP contribution in [0, 0.1) is 22.7 Å². The molecular formula is C50H29N5. The fourth-order valence-corrected chi connectivity index (χ4v) is 8.75. The molecule has 0 radical (unpaired) electrons. The molecule has 0 aliphatic rings. The Hall–Kier alpha value is -7.86. The van der Waals surface area contributed by atoms with E-state index in [0.29, 0.717) is 11.1 Å². The van der Waals surface area contributed by atoms with Crippen molar-refractivity contribution >= 4 is 65.4 Å².